The third kappa shape index (κ3) is 5.35. The Morgan fingerprint density at radius 3 is 2.18 bits per heavy atom. The fourth-order valence-corrected chi connectivity index (χ4v) is 9.99. The van der Waals surface area contributed by atoms with Crippen molar-refractivity contribution in [2.24, 2.45) is 5.11 Å². The third-order valence-corrected chi connectivity index (χ3v) is 12.3. The fourth-order valence-electron chi connectivity index (χ4n) is 5.37. The summed E-state index contributed by atoms with van der Waals surface area (Å²) in [4.78, 5) is 29.1. The Bertz CT molecular complexity index is 1400. The number of benzene rings is 2. The van der Waals surface area contributed by atoms with Crippen LogP contribution in [0.5, 0.6) is 0 Å². The molecule has 39 heavy (non-hydrogen) atoms. The molecule has 1 saturated heterocycles. The van der Waals surface area contributed by atoms with E-state index in [9.17, 15) is 19.8 Å². The smallest absolute Gasteiger partial charge is 0.330 e. The van der Waals surface area contributed by atoms with Gasteiger partial charge in [-0.05, 0) is 27.4 Å². The summed E-state index contributed by atoms with van der Waals surface area (Å²) in [5.41, 5.74) is 5.98. The number of ether oxygens (including phenoxy) is 1. The molecule has 0 amide bonds. The Hall–Kier alpha value is -3.51. The van der Waals surface area contributed by atoms with Crippen LogP contribution >= 0.6 is 0 Å². The van der Waals surface area contributed by atoms with Gasteiger partial charge in [-0.25, -0.2) is 4.79 Å². The van der Waals surface area contributed by atoms with Crippen LogP contribution in [0.15, 0.2) is 87.6 Å². The van der Waals surface area contributed by atoms with Gasteiger partial charge in [0.15, 0.2) is 6.23 Å². The standard InChI is InChI=1S/C27H33N5O6Si/c1-26(2,3)39(19-10-6-4-7-11-19,20-12-8-5-9-13-20)37-18-27(15-16-29-31-28)23(35)22(34)24(38-27)32-17-14-21(33)30-25(32)36/h4-14,17,22-24,34-35H,15-16,18H2,1-3H3,(H,30,33,36)/t22-,23+,24-,27-/m1/s1. The molecule has 0 aliphatic carbocycles. The minimum absolute atomic E-state index is 0.0160. The largest absolute Gasteiger partial charge is 0.404 e. The number of aliphatic hydroxyl groups excluding tert-OH is 2. The predicted molar refractivity (Wildman–Crippen MR) is 148 cm³/mol. The van der Waals surface area contributed by atoms with Crippen LogP contribution in [0.2, 0.25) is 5.04 Å². The summed E-state index contributed by atoms with van der Waals surface area (Å²) in [5.74, 6) is 0. The number of hydrogen-bond donors (Lipinski definition) is 3. The second-order valence-electron chi connectivity index (χ2n) is 10.7. The minimum Gasteiger partial charge on any atom is -0.404 e. The lowest BCUT2D eigenvalue weighted by atomic mass is 9.92. The van der Waals surface area contributed by atoms with Crippen molar-refractivity contribution in [1.82, 2.24) is 9.55 Å². The summed E-state index contributed by atoms with van der Waals surface area (Å²) in [6.07, 6.45) is -3.11. The lowest BCUT2D eigenvalue weighted by molar-refractivity contribution is -0.128. The van der Waals surface area contributed by atoms with E-state index in [-0.39, 0.29) is 24.6 Å². The van der Waals surface area contributed by atoms with Crippen molar-refractivity contribution in [3.8, 4) is 0 Å². The summed E-state index contributed by atoms with van der Waals surface area (Å²) >= 11 is 0. The van der Waals surface area contributed by atoms with Gasteiger partial charge in [-0.15, -0.1) is 0 Å². The number of nitrogens with one attached hydrogen (secondary N) is 1. The minimum atomic E-state index is -3.07. The molecule has 4 rings (SSSR count). The first-order valence-electron chi connectivity index (χ1n) is 12.7. The highest BCUT2D eigenvalue weighted by atomic mass is 28.4. The molecule has 0 saturated carbocycles. The van der Waals surface area contributed by atoms with Crippen LogP contribution in [0, 0.1) is 0 Å². The Morgan fingerprint density at radius 1 is 1.08 bits per heavy atom. The molecule has 3 aromatic rings. The van der Waals surface area contributed by atoms with Crippen LogP contribution < -0.4 is 21.6 Å². The van der Waals surface area contributed by atoms with Crippen molar-refractivity contribution in [2.45, 2.75) is 56.3 Å². The lowest BCUT2D eigenvalue weighted by Gasteiger charge is -2.45. The summed E-state index contributed by atoms with van der Waals surface area (Å²) in [6.45, 7) is 6.12. The third-order valence-electron chi connectivity index (χ3n) is 7.28. The first kappa shape index (κ1) is 28.5. The van der Waals surface area contributed by atoms with Gasteiger partial charge < -0.3 is 19.4 Å². The summed E-state index contributed by atoms with van der Waals surface area (Å²) in [7, 11) is -3.07. The van der Waals surface area contributed by atoms with Crippen molar-refractivity contribution < 1.29 is 19.4 Å². The maximum absolute atomic E-state index is 12.5. The highest BCUT2D eigenvalue weighted by molar-refractivity contribution is 6.99. The van der Waals surface area contributed by atoms with Crippen LogP contribution in [0.25, 0.3) is 10.4 Å². The monoisotopic (exact) mass is 551 g/mol. The Kier molecular flexibility index (Phi) is 8.26. The van der Waals surface area contributed by atoms with E-state index >= 15 is 0 Å². The van der Waals surface area contributed by atoms with Crippen LogP contribution in [0.1, 0.15) is 33.4 Å². The highest BCUT2D eigenvalue weighted by Gasteiger charge is 2.58. The van der Waals surface area contributed by atoms with E-state index in [1.165, 1.54) is 6.20 Å². The molecular weight excluding hydrogens is 518 g/mol. The number of aromatic amines is 1. The van der Waals surface area contributed by atoms with Crippen molar-refractivity contribution in [2.75, 3.05) is 13.2 Å². The number of azide groups is 1. The molecule has 2 heterocycles. The second kappa shape index (κ2) is 11.3. The summed E-state index contributed by atoms with van der Waals surface area (Å²) in [5, 5.41) is 27.7. The normalized spacial score (nSPS) is 23.4. The Labute approximate surface area is 226 Å². The molecule has 1 aromatic heterocycles. The van der Waals surface area contributed by atoms with E-state index in [4.69, 9.17) is 14.7 Å². The zero-order valence-electron chi connectivity index (χ0n) is 22.1. The van der Waals surface area contributed by atoms with Gasteiger partial charge in [0.1, 0.15) is 17.8 Å². The van der Waals surface area contributed by atoms with E-state index in [0.29, 0.717) is 0 Å². The fraction of sp³-hybridized carbons (Fsp3) is 0.407. The van der Waals surface area contributed by atoms with Crippen molar-refractivity contribution >= 4 is 18.7 Å². The van der Waals surface area contributed by atoms with Gasteiger partial charge in [0.25, 0.3) is 13.9 Å². The first-order chi connectivity index (χ1) is 18.6. The van der Waals surface area contributed by atoms with E-state index < -0.39 is 43.6 Å². The zero-order chi connectivity index (χ0) is 28.3. The van der Waals surface area contributed by atoms with Crippen LogP contribution in [-0.4, -0.2) is 59.0 Å². The van der Waals surface area contributed by atoms with E-state index in [1.807, 2.05) is 60.7 Å². The average Bonchev–Trinajstić information content (AvgIpc) is 3.15. The van der Waals surface area contributed by atoms with Gasteiger partial charge in [-0.3, -0.25) is 14.3 Å². The molecule has 12 heteroatoms. The Morgan fingerprint density at radius 2 is 1.67 bits per heavy atom. The van der Waals surface area contributed by atoms with Crippen molar-refractivity contribution in [1.29, 1.82) is 0 Å². The molecule has 1 aliphatic rings. The molecule has 4 atom stereocenters. The molecule has 11 nitrogen and oxygen atoms in total. The second-order valence-corrected chi connectivity index (χ2v) is 15.0. The van der Waals surface area contributed by atoms with Crippen LogP contribution in [-0.2, 0) is 9.16 Å². The van der Waals surface area contributed by atoms with Crippen molar-refractivity contribution in [3.63, 3.8) is 0 Å². The van der Waals surface area contributed by atoms with Crippen LogP contribution in [0.4, 0.5) is 0 Å². The average molecular weight is 552 g/mol. The highest BCUT2D eigenvalue weighted by Crippen LogP contribution is 2.42. The first-order valence-corrected chi connectivity index (χ1v) is 14.6. The van der Waals surface area contributed by atoms with Gasteiger partial charge in [-0.2, -0.15) is 0 Å². The molecule has 1 fully saturated rings. The maximum atomic E-state index is 12.5. The van der Waals surface area contributed by atoms with Gasteiger partial charge in [0.2, 0.25) is 0 Å². The van der Waals surface area contributed by atoms with E-state index in [1.54, 1.807) is 0 Å². The zero-order valence-corrected chi connectivity index (χ0v) is 23.1. The molecule has 3 N–H and O–H groups in total. The topological polar surface area (TPSA) is 163 Å². The number of hydrogen-bond acceptors (Lipinski definition) is 7. The van der Waals surface area contributed by atoms with Gasteiger partial charge in [0.05, 0.1) is 6.61 Å². The quantitative estimate of drug-likeness (QED) is 0.159. The molecule has 0 radical (unpaired) electrons. The van der Waals surface area contributed by atoms with Crippen molar-refractivity contribution in [3.05, 3.63) is 104 Å². The molecule has 0 unspecified atom stereocenters. The van der Waals surface area contributed by atoms with E-state index in [0.717, 1.165) is 21.0 Å². The number of nitrogens with zero attached hydrogens (tertiary/aromatic N) is 4. The number of rotatable bonds is 9. The summed E-state index contributed by atoms with van der Waals surface area (Å²) < 4.78 is 14.3. The van der Waals surface area contributed by atoms with Gasteiger partial charge in [0, 0.05) is 23.7 Å². The predicted octanol–water partition coefficient (Wildman–Crippen LogP) is 1.80. The molecule has 206 valence electrons. The van der Waals surface area contributed by atoms with Gasteiger partial charge in [-0.1, -0.05) is 86.5 Å². The number of H-pyrrole nitrogens is 1. The maximum Gasteiger partial charge on any atom is 0.330 e. The number of aromatic nitrogens is 2. The molecule has 1 aliphatic heterocycles. The van der Waals surface area contributed by atoms with Crippen LogP contribution in [0.3, 0.4) is 0 Å². The van der Waals surface area contributed by atoms with Gasteiger partial charge >= 0.3 is 5.69 Å². The molecule has 0 bridgehead atoms. The molecule has 0 spiro atoms. The molecule has 2 aromatic carbocycles. The SMILES string of the molecule is CC(C)(C)[Si](OC[C@@]1(CCN=[N+]=[N-])O[C@@H](n2ccc(=O)[nH]c2=O)[C@H](O)[C@@H]1O)(c1ccccc1)c1ccccc1. The lowest BCUT2D eigenvalue weighted by Crippen LogP contribution is -2.68. The summed E-state index contributed by atoms with van der Waals surface area (Å²) in [6, 6.07) is 20.9. The van der Waals surface area contributed by atoms with E-state index in [2.05, 4.69) is 35.8 Å². The molecular formula is C27H33N5O6Si. The Balaban J connectivity index is 1.81. The number of aliphatic hydroxyl groups is 2.